The van der Waals surface area contributed by atoms with E-state index in [0.29, 0.717) is 13.1 Å². The van der Waals surface area contributed by atoms with E-state index >= 15 is 0 Å². The summed E-state index contributed by atoms with van der Waals surface area (Å²) in [5, 5.41) is 1.84. The van der Waals surface area contributed by atoms with Gasteiger partial charge in [0.05, 0.1) is 33.8 Å². The number of pyridine rings is 4. The Bertz CT molecular complexity index is 2220. The first-order valence-electron chi connectivity index (χ1n) is 16.0. The lowest BCUT2D eigenvalue weighted by Gasteiger charge is -2.16. The smallest absolute Gasteiger partial charge is 0.0987 e. The molecule has 0 fully saturated rings. The summed E-state index contributed by atoms with van der Waals surface area (Å²) < 4.78 is 0. The van der Waals surface area contributed by atoms with Crippen LogP contribution in [0.5, 0.6) is 0 Å². The van der Waals surface area contributed by atoms with E-state index in [-0.39, 0.29) is 0 Å². The molecule has 0 saturated heterocycles. The zero-order valence-electron chi connectivity index (χ0n) is 26.2. The molecule has 230 valence electrons. The number of nitrogens with zero attached hydrogens (tertiary/aromatic N) is 4. The van der Waals surface area contributed by atoms with E-state index in [2.05, 4.69) is 109 Å². The summed E-state index contributed by atoms with van der Waals surface area (Å²) in [5.74, 6) is 0. The molecule has 0 radical (unpaired) electrons. The summed E-state index contributed by atoms with van der Waals surface area (Å²) in [7, 11) is 0. The van der Waals surface area contributed by atoms with Crippen molar-refractivity contribution in [2.45, 2.75) is 13.1 Å². The third-order valence-corrected chi connectivity index (χ3v) is 8.81. The third-order valence-electron chi connectivity index (χ3n) is 8.81. The summed E-state index contributed by atoms with van der Waals surface area (Å²) in [6, 6.07) is 45.7. The Labute approximate surface area is 278 Å². The fourth-order valence-electron chi connectivity index (χ4n) is 6.28. The normalized spacial score (nSPS) is 11.3. The van der Waals surface area contributed by atoms with E-state index in [0.717, 1.165) is 89.1 Å². The molecule has 0 saturated carbocycles. The molecule has 0 atom stereocenters. The summed E-state index contributed by atoms with van der Waals surface area (Å²) in [6.07, 6.45) is 3.63. The SMILES string of the molecule is NCc1ccc(-c2nc3ccnc(-c4nccc5nc(-c6ccc(CN)cc6)c(-c6ccccc6)cc45)c3cc2-c2ccccc2)cc1. The highest BCUT2D eigenvalue weighted by Crippen LogP contribution is 2.39. The fraction of sp³-hybridized carbons (Fsp3) is 0.0476. The zero-order chi connectivity index (χ0) is 32.5. The molecule has 0 bridgehead atoms. The molecule has 0 aliphatic carbocycles. The van der Waals surface area contributed by atoms with Crippen molar-refractivity contribution in [2.24, 2.45) is 11.5 Å². The molecule has 0 amide bonds. The van der Waals surface area contributed by atoms with Gasteiger partial charge in [0, 0.05) is 58.5 Å². The Morgan fingerprint density at radius 1 is 0.396 bits per heavy atom. The maximum Gasteiger partial charge on any atom is 0.0987 e. The van der Waals surface area contributed by atoms with E-state index in [1.54, 1.807) is 0 Å². The molecule has 0 spiro atoms. The Morgan fingerprint density at radius 2 is 0.792 bits per heavy atom. The van der Waals surface area contributed by atoms with Crippen LogP contribution in [-0.2, 0) is 13.1 Å². The number of rotatable bonds is 7. The van der Waals surface area contributed by atoms with Gasteiger partial charge in [-0.05, 0) is 46.5 Å². The van der Waals surface area contributed by atoms with Gasteiger partial charge < -0.3 is 11.5 Å². The van der Waals surface area contributed by atoms with Crippen LogP contribution in [0.3, 0.4) is 0 Å². The standard InChI is InChI=1S/C42H32N6/c43-25-27-11-15-31(16-12-27)39-33(29-7-3-1-4-8-29)23-35-37(47-39)19-21-45-41(35)42-36-24-34(30-9-5-2-6-10-30)40(48-38(36)20-22-46-42)32-17-13-28(26-44)14-18-32/h1-24H,25-26,43-44H2. The van der Waals surface area contributed by atoms with E-state index in [9.17, 15) is 0 Å². The van der Waals surface area contributed by atoms with Crippen LogP contribution in [0.1, 0.15) is 11.1 Å². The van der Waals surface area contributed by atoms with Gasteiger partial charge in [-0.1, -0.05) is 109 Å². The maximum atomic E-state index is 5.90. The van der Waals surface area contributed by atoms with E-state index in [4.69, 9.17) is 31.4 Å². The topological polar surface area (TPSA) is 104 Å². The summed E-state index contributed by atoms with van der Waals surface area (Å²) in [6.45, 7) is 0.986. The van der Waals surface area contributed by atoms with Crippen LogP contribution in [0.15, 0.2) is 146 Å². The lowest BCUT2D eigenvalue weighted by molar-refractivity contribution is 1.07. The Kier molecular flexibility index (Phi) is 7.70. The van der Waals surface area contributed by atoms with Gasteiger partial charge in [0.25, 0.3) is 0 Å². The lowest BCUT2D eigenvalue weighted by Crippen LogP contribution is -1.99. The van der Waals surface area contributed by atoms with Gasteiger partial charge in [-0.2, -0.15) is 0 Å². The summed E-state index contributed by atoms with van der Waals surface area (Å²) in [5.41, 5.74) is 25.2. The van der Waals surface area contributed by atoms with Gasteiger partial charge >= 0.3 is 0 Å². The molecule has 0 aliphatic heterocycles. The van der Waals surface area contributed by atoms with Gasteiger partial charge in [0.2, 0.25) is 0 Å². The minimum Gasteiger partial charge on any atom is -0.326 e. The number of aromatic nitrogens is 4. The molecule has 4 heterocycles. The Morgan fingerprint density at radius 3 is 1.17 bits per heavy atom. The fourth-order valence-corrected chi connectivity index (χ4v) is 6.28. The first-order chi connectivity index (χ1) is 23.7. The highest BCUT2D eigenvalue weighted by Gasteiger charge is 2.19. The molecule has 4 N–H and O–H groups in total. The second-order valence-electron chi connectivity index (χ2n) is 11.8. The predicted octanol–water partition coefficient (Wildman–Crippen LogP) is 8.83. The van der Waals surface area contributed by atoms with Crippen LogP contribution in [0.2, 0.25) is 0 Å². The lowest BCUT2D eigenvalue weighted by atomic mass is 9.94. The van der Waals surface area contributed by atoms with Gasteiger partial charge in [-0.3, -0.25) is 9.97 Å². The molecule has 4 aromatic carbocycles. The molecule has 48 heavy (non-hydrogen) atoms. The first-order valence-corrected chi connectivity index (χ1v) is 16.0. The Hall–Kier alpha value is -6.08. The highest BCUT2D eigenvalue weighted by atomic mass is 14.8. The molecule has 0 unspecified atom stereocenters. The third kappa shape index (κ3) is 5.39. The van der Waals surface area contributed by atoms with Gasteiger partial charge in [0.15, 0.2) is 0 Å². The molecule has 0 aliphatic rings. The predicted molar refractivity (Wildman–Crippen MR) is 196 cm³/mol. The average Bonchev–Trinajstić information content (AvgIpc) is 3.17. The number of hydrogen-bond acceptors (Lipinski definition) is 6. The molecule has 8 rings (SSSR count). The van der Waals surface area contributed by atoms with E-state index < -0.39 is 0 Å². The first kappa shape index (κ1) is 29.3. The average molecular weight is 621 g/mol. The number of hydrogen-bond donors (Lipinski definition) is 2. The number of nitrogens with two attached hydrogens (primary N) is 2. The van der Waals surface area contributed by atoms with Gasteiger partial charge in [-0.15, -0.1) is 0 Å². The quantitative estimate of drug-likeness (QED) is 0.185. The van der Waals surface area contributed by atoms with Crippen LogP contribution < -0.4 is 11.5 Å². The van der Waals surface area contributed by atoms with Gasteiger partial charge in [-0.25, -0.2) is 9.97 Å². The van der Waals surface area contributed by atoms with Crippen molar-refractivity contribution >= 4 is 21.8 Å². The second kappa shape index (κ2) is 12.6. The summed E-state index contributed by atoms with van der Waals surface area (Å²) in [4.78, 5) is 20.4. The van der Waals surface area contributed by atoms with Crippen LogP contribution in [0.4, 0.5) is 0 Å². The van der Waals surface area contributed by atoms with Crippen molar-refractivity contribution in [3.63, 3.8) is 0 Å². The number of benzene rings is 4. The second-order valence-corrected chi connectivity index (χ2v) is 11.8. The number of fused-ring (bicyclic) bond motifs is 2. The Balaban J connectivity index is 1.37. The van der Waals surface area contributed by atoms with E-state index in [1.807, 2.05) is 36.7 Å². The molecule has 6 heteroatoms. The monoisotopic (exact) mass is 620 g/mol. The molecule has 4 aromatic heterocycles. The van der Waals surface area contributed by atoms with Crippen molar-refractivity contribution in [1.29, 1.82) is 0 Å². The van der Waals surface area contributed by atoms with E-state index in [1.165, 1.54) is 0 Å². The molecular formula is C42H32N6. The molecular weight excluding hydrogens is 589 g/mol. The van der Waals surface area contributed by atoms with Crippen LogP contribution in [0, 0.1) is 0 Å². The maximum absolute atomic E-state index is 5.90. The van der Waals surface area contributed by atoms with Crippen molar-refractivity contribution in [3.05, 3.63) is 157 Å². The molecule has 6 nitrogen and oxygen atoms in total. The van der Waals surface area contributed by atoms with Crippen molar-refractivity contribution in [1.82, 2.24) is 19.9 Å². The van der Waals surface area contributed by atoms with Crippen molar-refractivity contribution in [3.8, 4) is 56.2 Å². The van der Waals surface area contributed by atoms with Gasteiger partial charge in [0.1, 0.15) is 0 Å². The molecule has 8 aromatic rings. The highest BCUT2D eigenvalue weighted by molar-refractivity contribution is 6.05. The van der Waals surface area contributed by atoms with Crippen molar-refractivity contribution < 1.29 is 0 Å². The van der Waals surface area contributed by atoms with Crippen LogP contribution in [0.25, 0.3) is 78.0 Å². The minimum absolute atomic E-state index is 0.493. The largest absolute Gasteiger partial charge is 0.326 e. The zero-order valence-corrected chi connectivity index (χ0v) is 26.2. The van der Waals surface area contributed by atoms with Crippen LogP contribution in [-0.4, -0.2) is 19.9 Å². The van der Waals surface area contributed by atoms with Crippen molar-refractivity contribution in [2.75, 3.05) is 0 Å². The minimum atomic E-state index is 0.493. The van der Waals surface area contributed by atoms with Crippen LogP contribution >= 0.6 is 0 Å². The summed E-state index contributed by atoms with van der Waals surface area (Å²) >= 11 is 0.